The van der Waals surface area contributed by atoms with Crippen LogP contribution in [0.3, 0.4) is 0 Å². The number of imide groups is 1. The van der Waals surface area contributed by atoms with Crippen LogP contribution in [0.15, 0.2) is 65.4 Å². The molecule has 2 amide bonds. The number of amides is 2. The van der Waals surface area contributed by atoms with Gasteiger partial charge in [-0.25, -0.2) is 4.68 Å². The average molecular weight is 507 g/mol. The SMILES string of the molecule is CCCCN1C(=O)C(C#N)=C(C)/C(=C\c2cn(-c3ccccc3)nc2-c2cc(C)c3c(c2)CC(C)O3)C1=O. The maximum atomic E-state index is 13.5. The lowest BCUT2D eigenvalue weighted by molar-refractivity contribution is -0.140. The van der Waals surface area contributed by atoms with Gasteiger partial charge < -0.3 is 4.74 Å². The number of aryl methyl sites for hydroxylation is 1. The van der Waals surface area contributed by atoms with E-state index in [9.17, 15) is 14.9 Å². The second kappa shape index (κ2) is 10.1. The molecule has 0 spiro atoms. The molecule has 0 saturated heterocycles. The molecule has 0 saturated carbocycles. The first kappa shape index (κ1) is 25.2. The van der Waals surface area contributed by atoms with Crippen molar-refractivity contribution in [1.29, 1.82) is 5.26 Å². The van der Waals surface area contributed by atoms with Crippen molar-refractivity contribution in [2.75, 3.05) is 6.54 Å². The molecule has 7 nitrogen and oxygen atoms in total. The first-order valence-electron chi connectivity index (χ1n) is 13.0. The van der Waals surface area contributed by atoms with Crippen molar-refractivity contribution in [1.82, 2.24) is 14.7 Å². The lowest BCUT2D eigenvalue weighted by atomic mass is 9.92. The molecule has 7 heteroatoms. The molecule has 0 radical (unpaired) electrons. The van der Waals surface area contributed by atoms with Crippen molar-refractivity contribution in [3.8, 4) is 28.8 Å². The summed E-state index contributed by atoms with van der Waals surface area (Å²) >= 11 is 0. The number of carbonyl (C=O) groups is 2. The summed E-state index contributed by atoms with van der Waals surface area (Å²) in [6, 6.07) is 16.0. The predicted molar refractivity (Wildman–Crippen MR) is 145 cm³/mol. The first-order chi connectivity index (χ1) is 18.3. The van der Waals surface area contributed by atoms with Crippen LogP contribution in [0, 0.1) is 18.3 Å². The maximum Gasteiger partial charge on any atom is 0.271 e. The Morgan fingerprint density at radius 3 is 2.63 bits per heavy atom. The van der Waals surface area contributed by atoms with Gasteiger partial charge in [0.15, 0.2) is 0 Å². The fourth-order valence-electron chi connectivity index (χ4n) is 5.09. The summed E-state index contributed by atoms with van der Waals surface area (Å²) in [4.78, 5) is 27.6. The molecule has 1 atom stereocenters. The summed E-state index contributed by atoms with van der Waals surface area (Å²) in [6.07, 6.45) is 6.10. The van der Waals surface area contributed by atoms with Crippen LogP contribution < -0.4 is 4.74 Å². The Hall–Kier alpha value is -4.44. The number of rotatable bonds is 6. The Bertz CT molecular complexity index is 1540. The Kier molecular flexibility index (Phi) is 6.73. The lowest BCUT2D eigenvalue weighted by Crippen LogP contribution is -2.43. The summed E-state index contributed by atoms with van der Waals surface area (Å²) in [7, 11) is 0. The smallest absolute Gasteiger partial charge is 0.271 e. The number of hydrogen-bond acceptors (Lipinski definition) is 5. The van der Waals surface area contributed by atoms with E-state index in [1.807, 2.05) is 56.4 Å². The molecular weight excluding hydrogens is 476 g/mol. The van der Waals surface area contributed by atoms with Crippen LogP contribution in [0.2, 0.25) is 0 Å². The molecule has 2 aromatic carbocycles. The Morgan fingerprint density at radius 2 is 1.92 bits per heavy atom. The predicted octanol–water partition coefficient (Wildman–Crippen LogP) is 5.56. The molecule has 3 heterocycles. The van der Waals surface area contributed by atoms with Gasteiger partial charge in [-0.05, 0) is 74.2 Å². The van der Waals surface area contributed by atoms with E-state index in [0.717, 1.165) is 46.5 Å². The molecule has 5 rings (SSSR count). The number of benzene rings is 2. The summed E-state index contributed by atoms with van der Waals surface area (Å²) in [6.45, 7) is 8.03. The maximum absolute atomic E-state index is 13.5. The largest absolute Gasteiger partial charge is 0.490 e. The van der Waals surface area contributed by atoms with Crippen molar-refractivity contribution in [3.63, 3.8) is 0 Å². The van der Waals surface area contributed by atoms with Crippen LogP contribution in [0.1, 0.15) is 50.3 Å². The Morgan fingerprint density at radius 1 is 1.16 bits per heavy atom. The number of para-hydroxylation sites is 1. The molecule has 192 valence electrons. The Balaban J connectivity index is 1.69. The summed E-state index contributed by atoms with van der Waals surface area (Å²) in [5, 5.41) is 14.7. The first-order valence-corrected chi connectivity index (χ1v) is 13.0. The van der Waals surface area contributed by atoms with Crippen LogP contribution in [-0.2, 0) is 16.0 Å². The quantitative estimate of drug-likeness (QED) is 0.322. The fraction of sp³-hybridized carbons (Fsp3) is 0.290. The number of carbonyl (C=O) groups excluding carboxylic acids is 2. The third-order valence-electron chi connectivity index (χ3n) is 7.08. The minimum Gasteiger partial charge on any atom is -0.490 e. The third-order valence-corrected chi connectivity index (χ3v) is 7.08. The van der Waals surface area contributed by atoms with Gasteiger partial charge >= 0.3 is 0 Å². The van der Waals surface area contributed by atoms with Crippen molar-refractivity contribution < 1.29 is 14.3 Å². The number of hydrogen-bond donors (Lipinski definition) is 0. The molecule has 0 bridgehead atoms. The van der Waals surface area contributed by atoms with E-state index in [1.54, 1.807) is 17.7 Å². The van der Waals surface area contributed by atoms with Gasteiger partial charge in [-0.2, -0.15) is 10.4 Å². The normalized spacial score (nSPS) is 18.1. The molecule has 38 heavy (non-hydrogen) atoms. The standard InChI is InChI=1S/C31H30N4O3/c1-5-6-12-34-30(36)26(21(4)27(17-32)31(34)37)16-24-18-35(25-10-8-7-9-11-25)33-28(24)22-13-19(2)29-23(15-22)14-20(3)38-29/h7-11,13,15-16,18,20H,5-6,12,14H2,1-4H3/b26-16+. The monoisotopic (exact) mass is 506 g/mol. The number of unbranched alkanes of at least 4 members (excludes halogenated alkanes) is 1. The zero-order valence-corrected chi connectivity index (χ0v) is 22.1. The van der Waals surface area contributed by atoms with Crippen LogP contribution in [-0.4, -0.2) is 39.1 Å². The van der Waals surface area contributed by atoms with E-state index in [-0.39, 0.29) is 24.1 Å². The van der Waals surface area contributed by atoms with Crippen molar-refractivity contribution in [3.05, 3.63) is 82.1 Å². The molecule has 1 aromatic heterocycles. The van der Waals surface area contributed by atoms with Crippen LogP contribution in [0.5, 0.6) is 5.75 Å². The van der Waals surface area contributed by atoms with Crippen LogP contribution in [0.4, 0.5) is 0 Å². The lowest BCUT2D eigenvalue weighted by Gasteiger charge is -2.27. The van der Waals surface area contributed by atoms with Gasteiger partial charge in [0.1, 0.15) is 23.5 Å². The van der Waals surface area contributed by atoms with Gasteiger partial charge in [0.2, 0.25) is 0 Å². The van der Waals surface area contributed by atoms with E-state index >= 15 is 0 Å². The van der Waals surface area contributed by atoms with Crippen LogP contribution >= 0.6 is 0 Å². The molecule has 0 aliphatic carbocycles. The Labute approximate surface area is 222 Å². The van der Waals surface area contributed by atoms with E-state index in [2.05, 4.69) is 19.1 Å². The topological polar surface area (TPSA) is 88.2 Å². The summed E-state index contributed by atoms with van der Waals surface area (Å²) in [5.74, 6) is 0.0171. The minimum absolute atomic E-state index is 0.00321. The van der Waals surface area contributed by atoms with E-state index < -0.39 is 5.91 Å². The molecule has 1 unspecified atom stereocenters. The summed E-state index contributed by atoms with van der Waals surface area (Å²) in [5.41, 5.74) is 6.13. The van der Waals surface area contributed by atoms with Gasteiger partial charge in [-0.1, -0.05) is 31.5 Å². The van der Waals surface area contributed by atoms with E-state index in [0.29, 0.717) is 23.3 Å². The number of fused-ring (bicyclic) bond motifs is 1. The molecule has 0 fully saturated rings. The van der Waals surface area contributed by atoms with Gasteiger partial charge in [0.05, 0.1) is 11.4 Å². The highest BCUT2D eigenvalue weighted by molar-refractivity contribution is 6.19. The number of aromatic nitrogens is 2. The van der Waals surface area contributed by atoms with Crippen molar-refractivity contribution in [2.45, 2.75) is 53.1 Å². The van der Waals surface area contributed by atoms with Crippen LogP contribution in [0.25, 0.3) is 23.0 Å². The zero-order valence-electron chi connectivity index (χ0n) is 22.1. The fourth-order valence-corrected chi connectivity index (χ4v) is 5.09. The zero-order chi connectivity index (χ0) is 27.0. The highest BCUT2D eigenvalue weighted by Gasteiger charge is 2.35. The number of ether oxygens (including phenoxy) is 1. The molecule has 3 aromatic rings. The molecule has 2 aliphatic heterocycles. The molecule has 0 N–H and O–H groups in total. The molecule has 2 aliphatic rings. The summed E-state index contributed by atoms with van der Waals surface area (Å²) < 4.78 is 7.80. The highest BCUT2D eigenvalue weighted by Crippen LogP contribution is 2.38. The minimum atomic E-state index is -0.524. The van der Waals surface area contributed by atoms with Gasteiger partial charge in [0, 0.05) is 35.9 Å². The number of nitrogens with zero attached hydrogens (tertiary/aromatic N) is 4. The average Bonchev–Trinajstić information content (AvgIpc) is 3.50. The van der Waals surface area contributed by atoms with Gasteiger partial charge in [-0.15, -0.1) is 0 Å². The second-order valence-electron chi connectivity index (χ2n) is 9.91. The van der Waals surface area contributed by atoms with E-state index in [4.69, 9.17) is 9.84 Å². The van der Waals surface area contributed by atoms with Crippen molar-refractivity contribution in [2.24, 2.45) is 0 Å². The van der Waals surface area contributed by atoms with Gasteiger partial charge in [-0.3, -0.25) is 14.5 Å². The number of nitriles is 1. The second-order valence-corrected chi connectivity index (χ2v) is 9.91. The van der Waals surface area contributed by atoms with Gasteiger partial charge in [0.25, 0.3) is 11.8 Å². The highest BCUT2D eigenvalue weighted by atomic mass is 16.5. The van der Waals surface area contributed by atoms with E-state index in [1.165, 1.54) is 4.90 Å². The third kappa shape index (κ3) is 4.43. The van der Waals surface area contributed by atoms with Crippen molar-refractivity contribution >= 4 is 17.9 Å². The molecular formula is C31H30N4O3.